The highest BCUT2D eigenvalue weighted by atomic mass is 15.1. The van der Waals surface area contributed by atoms with Crippen molar-refractivity contribution in [3.63, 3.8) is 0 Å². The minimum atomic E-state index is 0.373. The van der Waals surface area contributed by atoms with Crippen LogP contribution in [-0.4, -0.2) is 26.7 Å². The van der Waals surface area contributed by atoms with Gasteiger partial charge in [0.2, 0.25) is 5.95 Å². The third-order valence-electron chi connectivity index (χ3n) is 2.61. The molecule has 0 amide bonds. The first kappa shape index (κ1) is 12.0. The molecule has 2 heterocycles. The molecule has 0 bridgehead atoms. The normalized spacial score (nSPS) is 10.0. The van der Waals surface area contributed by atoms with Crippen molar-refractivity contribution in [2.45, 2.75) is 19.8 Å². The van der Waals surface area contributed by atoms with Crippen LogP contribution < -0.4 is 5.32 Å². The molecule has 2 aromatic rings. The van der Waals surface area contributed by atoms with E-state index in [1.54, 1.807) is 12.3 Å². The highest BCUT2D eigenvalue weighted by Gasteiger charge is 2.01. The molecule has 0 saturated heterocycles. The molecule has 0 aliphatic carbocycles. The van der Waals surface area contributed by atoms with Crippen molar-refractivity contribution in [3.05, 3.63) is 35.4 Å². The van der Waals surface area contributed by atoms with Gasteiger partial charge in [-0.05, 0) is 31.4 Å². The van der Waals surface area contributed by atoms with Gasteiger partial charge in [-0.2, -0.15) is 10.4 Å². The van der Waals surface area contributed by atoms with Gasteiger partial charge in [0, 0.05) is 18.4 Å². The molecule has 0 unspecified atom stereocenters. The van der Waals surface area contributed by atoms with E-state index in [1.807, 2.05) is 19.2 Å². The first-order valence-electron chi connectivity index (χ1n) is 5.75. The Kier molecular flexibility index (Phi) is 3.86. The summed E-state index contributed by atoms with van der Waals surface area (Å²) in [7, 11) is 0. The summed E-state index contributed by atoms with van der Waals surface area (Å²) in [6, 6.07) is 3.57. The summed E-state index contributed by atoms with van der Waals surface area (Å²) in [6.45, 7) is 2.77. The second-order valence-electron chi connectivity index (χ2n) is 3.93. The summed E-state index contributed by atoms with van der Waals surface area (Å²) in [5.41, 5.74) is 2.71. The highest BCUT2D eigenvalue weighted by molar-refractivity contribution is 5.29. The first-order valence-corrected chi connectivity index (χ1v) is 5.75. The molecule has 6 nitrogen and oxygen atoms in total. The molecule has 2 N–H and O–H groups in total. The van der Waals surface area contributed by atoms with Crippen LogP contribution in [0.1, 0.15) is 23.4 Å². The van der Waals surface area contributed by atoms with E-state index < -0.39 is 0 Å². The predicted octanol–water partition coefficient (Wildman–Crippen LogP) is 1.42. The SMILES string of the molecule is Cc1[nH]ncc1CCCNc1nccc(C#N)n1. The molecule has 0 radical (unpaired) electrons. The van der Waals surface area contributed by atoms with E-state index in [2.05, 4.69) is 25.5 Å². The van der Waals surface area contributed by atoms with E-state index in [4.69, 9.17) is 5.26 Å². The van der Waals surface area contributed by atoms with Gasteiger partial charge in [0.05, 0.1) is 6.20 Å². The predicted molar refractivity (Wildman–Crippen MR) is 66.9 cm³/mol. The van der Waals surface area contributed by atoms with Crippen LogP contribution in [0.4, 0.5) is 5.95 Å². The van der Waals surface area contributed by atoms with Gasteiger partial charge >= 0.3 is 0 Å². The van der Waals surface area contributed by atoms with Crippen LogP contribution in [0, 0.1) is 18.3 Å². The van der Waals surface area contributed by atoms with Crippen LogP contribution in [0.15, 0.2) is 18.5 Å². The maximum Gasteiger partial charge on any atom is 0.223 e. The number of nitrogens with zero attached hydrogens (tertiary/aromatic N) is 4. The Morgan fingerprint density at radius 1 is 1.50 bits per heavy atom. The Morgan fingerprint density at radius 2 is 2.39 bits per heavy atom. The molecule has 2 aromatic heterocycles. The van der Waals surface area contributed by atoms with E-state index in [0.717, 1.165) is 25.1 Å². The quantitative estimate of drug-likeness (QED) is 0.774. The number of rotatable bonds is 5. The number of hydrogen-bond acceptors (Lipinski definition) is 5. The Labute approximate surface area is 105 Å². The summed E-state index contributed by atoms with van der Waals surface area (Å²) in [5, 5.41) is 18.7. The number of aromatic amines is 1. The molecule has 0 saturated carbocycles. The smallest absolute Gasteiger partial charge is 0.223 e. The van der Waals surface area contributed by atoms with Crippen molar-refractivity contribution in [2.24, 2.45) is 0 Å². The number of nitriles is 1. The summed E-state index contributed by atoms with van der Waals surface area (Å²) in [6.07, 6.45) is 5.34. The highest BCUT2D eigenvalue weighted by Crippen LogP contribution is 2.06. The van der Waals surface area contributed by atoms with E-state index in [-0.39, 0.29) is 0 Å². The van der Waals surface area contributed by atoms with Gasteiger partial charge in [-0.25, -0.2) is 9.97 Å². The minimum absolute atomic E-state index is 0.373. The van der Waals surface area contributed by atoms with Gasteiger partial charge in [-0.1, -0.05) is 0 Å². The van der Waals surface area contributed by atoms with Gasteiger partial charge in [0.25, 0.3) is 0 Å². The molecule has 18 heavy (non-hydrogen) atoms. The Bertz CT molecular complexity index is 554. The molecule has 0 aromatic carbocycles. The lowest BCUT2D eigenvalue weighted by Crippen LogP contribution is -2.06. The fourth-order valence-electron chi connectivity index (χ4n) is 1.61. The number of nitrogens with one attached hydrogen (secondary N) is 2. The average molecular weight is 242 g/mol. The van der Waals surface area contributed by atoms with Gasteiger partial charge < -0.3 is 5.32 Å². The molecule has 0 atom stereocenters. The third kappa shape index (κ3) is 3.04. The summed E-state index contributed by atoms with van der Waals surface area (Å²) >= 11 is 0. The average Bonchev–Trinajstić information content (AvgIpc) is 2.81. The molecule has 6 heteroatoms. The van der Waals surface area contributed by atoms with Crippen molar-refractivity contribution in [3.8, 4) is 6.07 Å². The lowest BCUT2D eigenvalue weighted by Gasteiger charge is -2.04. The van der Waals surface area contributed by atoms with E-state index in [9.17, 15) is 0 Å². The standard InChI is InChI=1S/C12H14N6/c1-9-10(8-16-18-9)3-2-5-14-12-15-6-4-11(7-13)17-12/h4,6,8H,2-3,5H2,1H3,(H,16,18)(H,14,15,17). The Balaban J connectivity index is 1.79. The fourth-order valence-corrected chi connectivity index (χ4v) is 1.61. The lowest BCUT2D eigenvalue weighted by atomic mass is 10.1. The second-order valence-corrected chi connectivity index (χ2v) is 3.93. The van der Waals surface area contributed by atoms with E-state index in [1.165, 1.54) is 5.56 Å². The zero-order valence-corrected chi connectivity index (χ0v) is 10.1. The summed E-state index contributed by atoms with van der Waals surface area (Å²) in [4.78, 5) is 8.09. The van der Waals surface area contributed by atoms with Crippen LogP contribution in [0.25, 0.3) is 0 Å². The fraction of sp³-hybridized carbons (Fsp3) is 0.333. The molecule has 0 aliphatic rings. The summed E-state index contributed by atoms with van der Waals surface area (Å²) < 4.78 is 0. The van der Waals surface area contributed by atoms with Crippen LogP contribution in [0.3, 0.4) is 0 Å². The molecule has 0 spiro atoms. The second kappa shape index (κ2) is 5.77. The van der Waals surface area contributed by atoms with Crippen LogP contribution in [0.2, 0.25) is 0 Å². The first-order chi connectivity index (χ1) is 8.79. The van der Waals surface area contributed by atoms with Crippen LogP contribution >= 0.6 is 0 Å². The molecular formula is C12H14N6. The zero-order chi connectivity index (χ0) is 12.8. The van der Waals surface area contributed by atoms with Crippen LogP contribution in [0.5, 0.6) is 0 Å². The number of aromatic nitrogens is 4. The minimum Gasteiger partial charge on any atom is -0.354 e. The number of anilines is 1. The topological polar surface area (TPSA) is 90.3 Å². The summed E-state index contributed by atoms with van der Waals surface area (Å²) in [5.74, 6) is 0.498. The lowest BCUT2D eigenvalue weighted by molar-refractivity contribution is 0.847. The van der Waals surface area contributed by atoms with Gasteiger partial charge in [-0.15, -0.1) is 0 Å². The third-order valence-corrected chi connectivity index (χ3v) is 2.61. The number of hydrogen-bond donors (Lipinski definition) is 2. The zero-order valence-electron chi connectivity index (χ0n) is 10.1. The molecule has 92 valence electrons. The van der Waals surface area contributed by atoms with Gasteiger partial charge in [-0.3, -0.25) is 5.10 Å². The monoisotopic (exact) mass is 242 g/mol. The Hall–Kier alpha value is -2.42. The van der Waals surface area contributed by atoms with Crippen LogP contribution in [-0.2, 0) is 6.42 Å². The maximum atomic E-state index is 8.71. The largest absolute Gasteiger partial charge is 0.354 e. The Morgan fingerprint density at radius 3 is 3.11 bits per heavy atom. The van der Waals surface area contributed by atoms with E-state index >= 15 is 0 Å². The number of aryl methyl sites for hydroxylation is 2. The molecular weight excluding hydrogens is 228 g/mol. The molecule has 2 rings (SSSR count). The van der Waals surface area contributed by atoms with Crippen molar-refractivity contribution in [2.75, 3.05) is 11.9 Å². The van der Waals surface area contributed by atoms with Crippen molar-refractivity contribution >= 4 is 5.95 Å². The maximum absolute atomic E-state index is 8.71. The van der Waals surface area contributed by atoms with Crippen molar-refractivity contribution in [1.82, 2.24) is 20.2 Å². The van der Waals surface area contributed by atoms with Gasteiger partial charge in [0.15, 0.2) is 0 Å². The molecule has 0 fully saturated rings. The van der Waals surface area contributed by atoms with Gasteiger partial charge in [0.1, 0.15) is 11.8 Å². The number of H-pyrrole nitrogens is 1. The van der Waals surface area contributed by atoms with Crippen molar-refractivity contribution < 1.29 is 0 Å². The van der Waals surface area contributed by atoms with Crippen molar-refractivity contribution in [1.29, 1.82) is 5.26 Å². The molecule has 0 aliphatic heterocycles. The van der Waals surface area contributed by atoms with E-state index in [0.29, 0.717) is 11.6 Å².